The summed E-state index contributed by atoms with van der Waals surface area (Å²) in [4.78, 5) is 33.3. The minimum Gasteiger partial charge on any atom is -0.482 e. The predicted octanol–water partition coefficient (Wildman–Crippen LogP) is 4.53. The van der Waals surface area contributed by atoms with Crippen LogP contribution in [0.25, 0.3) is 11.8 Å². The molecule has 5 heterocycles. The highest BCUT2D eigenvalue weighted by atomic mass is 16.7. The maximum absolute atomic E-state index is 15.4. The summed E-state index contributed by atoms with van der Waals surface area (Å²) in [7, 11) is 1.28. The third kappa shape index (κ3) is 6.62. The number of esters is 1. The standard InChI is InChI=1S/C48H59N3O12/c1-22(2)11-10-16-46(8)17-15-26-38(61-46)25(13-12-23(3)4)40-32(39(26)60-44-37(55)36(54)35(53)29(21-52)59-44)34-33-31(28(20-49)42(50)51-34)27-19-30-45(6,7)63-47(41(27)56,48(30,33)62-40)18-14-24(5)43(57)58-9/h11-12,14-15,17,27-31,35-37,44,52-55H,10,13,16,18-19,21H2,1-9H3,(H2,50,51)/t27?,28?,29-,30?,31?,35-,36+,37-,44+,46?,47?,48?/m0/s1. The summed E-state index contributed by atoms with van der Waals surface area (Å²) in [5.74, 6) is -3.13. The van der Waals surface area contributed by atoms with E-state index in [1.54, 1.807) is 13.0 Å². The van der Waals surface area contributed by atoms with E-state index < -0.39 is 89.4 Å². The first kappa shape index (κ1) is 44.8. The Hall–Kier alpha value is -4.82. The molecule has 0 aromatic heterocycles. The summed E-state index contributed by atoms with van der Waals surface area (Å²) in [6, 6.07) is 2.34. The Kier molecular flexibility index (Phi) is 11.2. The topological polar surface area (TPSA) is 233 Å². The summed E-state index contributed by atoms with van der Waals surface area (Å²) in [5, 5.41) is 54.0. The van der Waals surface area contributed by atoms with Gasteiger partial charge in [0.05, 0.1) is 42.2 Å². The van der Waals surface area contributed by atoms with Crippen molar-refractivity contribution >= 4 is 29.4 Å². The van der Waals surface area contributed by atoms with Gasteiger partial charge in [-0.15, -0.1) is 0 Å². The molecule has 15 nitrogen and oxygen atoms in total. The van der Waals surface area contributed by atoms with Crippen molar-refractivity contribution < 1.29 is 58.4 Å². The lowest BCUT2D eigenvalue weighted by Crippen LogP contribution is -2.75. The van der Waals surface area contributed by atoms with E-state index in [0.29, 0.717) is 53.0 Å². The van der Waals surface area contributed by atoms with Crippen molar-refractivity contribution in [3.05, 3.63) is 63.3 Å². The third-order valence-corrected chi connectivity index (χ3v) is 14.2. The zero-order valence-corrected chi connectivity index (χ0v) is 37.4. The van der Waals surface area contributed by atoms with Crippen LogP contribution in [-0.4, -0.2) is 105 Å². The third-order valence-electron chi connectivity index (χ3n) is 14.2. The number of nitriles is 1. The Labute approximate surface area is 367 Å². The fraction of sp³-hybridized carbons (Fsp3) is 0.583. The predicted molar refractivity (Wildman–Crippen MR) is 230 cm³/mol. The van der Waals surface area contributed by atoms with Crippen LogP contribution in [-0.2, 0) is 30.2 Å². The Morgan fingerprint density at radius 1 is 1.03 bits per heavy atom. The first-order valence-electron chi connectivity index (χ1n) is 21.7. The summed E-state index contributed by atoms with van der Waals surface area (Å²) in [6.45, 7) is 14.8. The van der Waals surface area contributed by atoms with Gasteiger partial charge in [-0.05, 0) is 93.2 Å². The van der Waals surface area contributed by atoms with Gasteiger partial charge >= 0.3 is 5.97 Å². The lowest BCUT2D eigenvalue weighted by atomic mass is 9.44. The monoisotopic (exact) mass is 869 g/mol. The van der Waals surface area contributed by atoms with Gasteiger partial charge in [-0.1, -0.05) is 29.4 Å². The zero-order chi connectivity index (χ0) is 45.7. The molecule has 338 valence electrons. The van der Waals surface area contributed by atoms with E-state index in [1.807, 2.05) is 66.7 Å². The second kappa shape index (κ2) is 15.7. The molecule has 4 bridgehead atoms. The summed E-state index contributed by atoms with van der Waals surface area (Å²) < 4.78 is 39.6. The average Bonchev–Trinajstić information content (AvgIpc) is 3.37. The number of ether oxygens (including phenoxy) is 6. The van der Waals surface area contributed by atoms with E-state index in [9.17, 15) is 30.5 Å². The van der Waals surface area contributed by atoms with Gasteiger partial charge in [0.15, 0.2) is 17.0 Å². The summed E-state index contributed by atoms with van der Waals surface area (Å²) >= 11 is 0. The highest BCUT2D eigenvalue weighted by Gasteiger charge is 2.84. The number of hydrogen-bond donors (Lipinski definition) is 5. The number of nitrogens with zero attached hydrogens (tertiary/aromatic N) is 2. The Morgan fingerprint density at radius 3 is 2.40 bits per heavy atom. The van der Waals surface area contributed by atoms with Gasteiger partial charge in [-0.2, -0.15) is 5.26 Å². The van der Waals surface area contributed by atoms with Crippen LogP contribution < -0.4 is 19.9 Å². The number of carbonyl (C=O) groups is 2. The molecule has 3 saturated carbocycles. The van der Waals surface area contributed by atoms with Crippen molar-refractivity contribution in [2.24, 2.45) is 34.4 Å². The number of fused-ring (bicyclic) bond motifs is 3. The molecule has 15 heteroatoms. The number of hydrogen-bond acceptors (Lipinski definition) is 15. The van der Waals surface area contributed by atoms with Gasteiger partial charge in [0, 0.05) is 40.9 Å². The number of amidine groups is 1. The van der Waals surface area contributed by atoms with E-state index in [1.165, 1.54) is 7.11 Å². The van der Waals surface area contributed by atoms with Gasteiger partial charge in [-0.3, -0.25) is 4.79 Å². The van der Waals surface area contributed by atoms with Crippen LogP contribution in [0.15, 0.2) is 51.6 Å². The molecule has 7 unspecified atom stereocenters. The van der Waals surface area contributed by atoms with Crippen LogP contribution in [0, 0.1) is 35.0 Å². The van der Waals surface area contributed by atoms with Crippen LogP contribution in [0.5, 0.6) is 17.2 Å². The zero-order valence-electron chi connectivity index (χ0n) is 37.4. The SMILES string of the molecule is COC(=O)C(C)=CCC12OC(C)(C)C3CC(C1=O)C1C4=C(N=C(N)C1C#N)c1c(O[C@H]5O[C@@H](CO)[C@H](O)[C@@H](O)[C@@H]5O)c5c(c(CC=C(C)C)c1OC432)OC(C)(CCC=C(C)C)C=C5. The molecule has 2 saturated heterocycles. The number of benzene rings is 1. The number of aliphatic hydroxyl groups is 4. The number of methoxy groups -OCH3 is 1. The van der Waals surface area contributed by atoms with Gasteiger partial charge < -0.3 is 54.6 Å². The number of Topliss-reactive ketones (excluding diaryl/α,β-unsaturated/α-hetero) is 1. The van der Waals surface area contributed by atoms with Crippen LogP contribution in [0.2, 0.25) is 0 Å². The lowest BCUT2D eigenvalue weighted by Gasteiger charge is -2.62. The van der Waals surface area contributed by atoms with Crippen molar-refractivity contribution in [1.82, 2.24) is 0 Å². The largest absolute Gasteiger partial charge is 0.482 e. The molecule has 5 aliphatic heterocycles. The van der Waals surface area contributed by atoms with E-state index in [0.717, 1.165) is 11.1 Å². The Morgan fingerprint density at radius 2 is 1.75 bits per heavy atom. The lowest BCUT2D eigenvalue weighted by molar-refractivity contribution is -0.277. The smallest absolute Gasteiger partial charge is 0.333 e. The molecule has 12 atom stereocenters. The summed E-state index contributed by atoms with van der Waals surface area (Å²) in [5.41, 5.74) is 6.30. The number of allylic oxidation sites excluding steroid dienone is 4. The van der Waals surface area contributed by atoms with Gasteiger partial charge in [0.2, 0.25) is 6.29 Å². The Balaban J connectivity index is 1.47. The molecule has 6 N–H and O–H groups in total. The first-order valence-corrected chi connectivity index (χ1v) is 21.7. The van der Waals surface area contributed by atoms with Crippen LogP contribution >= 0.6 is 0 Å². The van der Waals surface area contributed by atoms with E-state index >= 15 is 4.79 Å². The highest BCUT2D eigenvalue weighted by molar-refractivity contribution is 6.05. The number of aliphatic imine (C=N–C) groups is 1. The van der Waals surface area contributed by atoms with E-state index in [2.05, 4.69) is 12.1 Å². The molecule has 0 amide bonds. The molecule has 1 aromatic rings. The maximum atomic E-state index is 15.4. The molecule has 5 fully saturated rings. The molecule has 63 heavy (non-hydrogen) atoms. The van der Waals surface area contributed by atoms with E-state index in [4.69, 9.17) is 39.1 Å². The van der Waals surface area contributed by atoms with Crippen LogP contribution in [0.1, 0.15) is 97.8 Å². The minimum atomic E-state index is -1.78. The molecule has 0 radical (unpaired) electrons. The second-order valence-electron chi connectivity index (χ2n) is 19.3. The van der Waals surface area contributed by atoms with Gasteiger partial charge in [0.25, 0.3) is 0 Å². The number of ketones is 1. The molecule has 9 rings (SSSR count). The number of rotatable bonds is 11. The number of aliphatic hydroxyl groups excluding tert-OH is 4. The maximum Gasteiger partial charge on any atom is 0.333 e. The molecular weight excluding hydrogens is 811 g/mol. The minimum absolute atomic E-state index is 0.00592. The highest BCUT2D eigenvalue weighted by Crippen LogP contribution is 2.74. The molecule has 3 aliphatic carbocycles. The quantitative estimate of drug-likeness (QED) is 0.117. The fourth-order valence-corrected chi connectivity index (χ4v) is 11.1. The summed E-state index contributed by atoms with van der Waals surface area (Å²) in [6.07, 6.45) is 3.37. The van der Waals surface area contributed by atoms with Crippen molar-refractivity contribution in [1.29, 1.82) is 5.26 Å². The molecular formula is C48H59N3O12. The fourth-order valence-electron chi connectivity index (χ4n) is 11.1. The van der Waals surface area contributed by atoms with Gasteiger partial charge in [0.1, 0.15) is 59.0 Å². The van der Waals surface area contributed by atoms with Gasteiger partial charge in [-0.25, -0.2) is 9.79 Å². The van der Waals surface area contributed by atoms with Crippen LogP contribution in [0.4, 0.5) is 0 Å². The van der Waals surface area contributed by atoms with E-state index in [-0.39, 0.29) is 41.5 Å². The Bertz CT molecular complexity index is 2360. The van der Waals surface area contributed by atoms with Crippen molar-refractivity contribution in [2.75, 3.05) is 13.7 Å². The number of nitrogens with two attached hydrogens (primary N) is 1. The van der Waals surface area contributed by atoms with Crippen molar-refractivity contribution in [3.8, 4) is 23.3 Å². The second-order valence-corrected chi connectivity index (χ2v) is 19.3. The molecule has 8 aliphatic rings. The van der Waals surface area contributed by atoms with Crippen LogP contribution in [0.3, 0.4) is 0 Å². The van der Waals surface area contributed by atoms with Crippen molar-refractivity contribution in [2.45, 2.75) is 141 Å². The average molecular weight is 870 g/mol. The van der Waals surface area contributed by atoms with Crippen molar-refractivity contribution in [3.63, 3.8) is 0 Å². The number of carbonyl (C=O) groups excluding carboxylic acids is 2. The molecule has 1 aromatic carbocycles. The molecule has 1 spiro atoms. The normalized spacial score (nSPS) is 36.4. The first-order chi connectivity index (χ1) is 29.7.